The average Bonchev–Trinajstić information content (AvgIpc) is 2.90. The first-order chi connectivity index (χ1) is 8.78. The van der Waals surface area contributed by atoms with E-state index < -0.39 is 0 Å². The smallest absolute Gasteiger partial charge is 0.343 e. The molecule has 0 radical (unpaired) electrons. The monoisotopic (exact) mass is 263 g/mol. The van der Waals surface area contributed by atoms with Gasteiger partial charge in [0.15, 0.2) is 6.61 Å². The largest absolute Gasteiger partial charge is 0.482 e. The van der Waals surface area contributed by atoms with E-state index in [2.05, 4.69) is 9.72 Å². The number of hydrogen-bond donors (Lipinski definition) is 0. The minimum Gasteiger partial charge on any atom is -0.482 e. The van der Waals surface area contributed by atoms with Crippen molar-refractivity contribution in [2.45, 2.75) is 6.42 Å². The van der Waals surface area contributed by atoms with Gasteiger partial charge in [0.1, 0.15) is 5.75 Å². The highest BCUT2D eigenvalue weighted by Gasteiger charge is 2.02. The Bertz CT molecular complexity index is 493. The quantitative estimate of drug-likeness (QED) is 0.777. The van der Waals surface area contributed by atoms with Crippen LogP contribution in [0.4, 0.5) is 0 Å². The van der Waals surface area contributed by atoms with Crippen LogP contribution in [0.15, 0.2) is 36.0 Å². The molecule has 0 N–H and O–H groups in total. The standard InChI is InChI=1S/C13H13NO3S/c1-16-13(15)8-17-11-4-2-10(3-5-11)6-12-7-14-9-18-12/h2-5,7,9H,6,8H2,1H3. The van der Waals surface area contributed by atoms with E-state index in [0.29, 0.717) is 5.75 Å². The summed E-state index contributed by atoms with van der Waals surface area (Å²) >= 11 is 1.64. The van der Waals surface area contributed by atoms with Gasteiger partial charge >= 0.3 is 5.97 Å². The molecule has 0 aliphatic rings. The first-order valence-corrected chi connectivity index (χ1v) is 6.32. The molecule has 0 atom stereocenters. The number of nitrogens with zero attached hydrogens (tertiary/aromatic N) is 1. The van der Waals surface area contributed by atoms with Crippen LogP contribution in [0.3, 0.4) is 0 Å². The van der Waals surface area contributed by atoms with E-state index in [1.54, 1.807) is 11.3 Å². The fraction of sp³-hybridized carbons (Fsp3) is 0.231. The molecule has 0 unspecified atom stereocenters. The molecule has 5 heteroatoms. The zero-order chi connectivity index (χ0) is 12.8. The molecule has 4 nitrogen and oxygen atoms in total. The molecule has 0 bridgehead atoms. The molecule has 0 saturated heterocycles. The summed E-state index contributed by atoms with van der Waals surface area (Å²) in [5.41, 5.74) is 3.01. The van der Waals surface area contributed by atoms with Gasteiger partial charge in [0.05, 0.1) is 12.6 Å². The molecule has 0 aliphatic carbocycles. The van der Waals surface area contributed by atoms with Gasteiger partial charge in [0, 0.05) is 17.5 Å². The summed E-state index contributed by atoms with van der Waals surface area (Å²) in [5, 5.41) is 0. The SMILES string of the molecule is COC(=O)COc1ccc(Cc2cncs2)cc1. The average molecular weight is 263 g/mol. The number of thiazole rings is 1. The Labute approximate surface area is 109 Å². The Balaban J connectivity index is 1.91. The Morgan fingerprint density at radius 3 is 2.72 bits per heavy atom. The van der Waals surface area contributed by atoms with Crippen LogP contribution in [0.25, 0.3) is 0 Å². The maximum absolute atomic E-state index is 10.9. The normalized spacial score (nSPS) is 10.1. The highest BCUT2D eigenvalue weighted by Crippen LogP contribution is 2.17. The molecule has 2 rings (SSSR count). The van der Waals surface area contributed by atoms with Gasteiger partial charge in [-0.2, -0.15) is 0 Å². The highest BCUT2D eigenvalue weighted by molar-refractivity contribution is 7.09. The Kier molecular flexibility index (Phi) is 4.30. The first kappa shape index (κ1) is 12.6. The van der Waals surface area contributed by atoms with Gasteiger partial charge in [0.2, 0.25) is 0 Å². The van der Waals surface area contributed by atoms with Gasteiger partial charge in [-0.1, -0.05) is 12.1 Å². The van der Waals surface area contributed by atoms with Crippen molar-refractivity contribution in [3.05, 3.63) is 46.4 Å². The molecule has 1 aromatic heterocycles. The molecule has 18 heavy (non-hydrogen) atoms. The molecular formula is C13H13NO3S. The third-order valence-corrected chi connectivity index (χ3v) is 3.15. The molecule has 0 aliphatic heterocycles. The molecule has 94 valence electrons. The topological polar surface area (TPSA) is 48.4 Å². The van der Waals surface area contributed by atoms with E-state index in [9.17, 15) is 4.79 Å². The van der Waals surface area contributed by atoms with Crippen LogP contribution in [0.1, 0.15) is 10.4 Å². The predicted octanol–water partition coefficient (Wildman–Crippen LogP) is 2.29. The summed E-state index contributed by atoms with van der Waals surface area (Å²) < 4.78 is 9.76. The van der Waals surface area contributed by atoms with Gasteiger partial charge in [-0.3, -0.25) is 4.98 Å². The summed E-state index contributed by atoms with van der Waals surface area (Å²) in [7, 11) is 1.34. The van der Waals surface area contributed by atoms with Crippen molar-refractivity contribution in [1.29, 1.82) is 0 Å². The second-order valence-corrected chi connectivity index (χ2v) is 4.62. The minimum absolute atomic E-state index is 0.0648. The van der Waals surface area contributed by atoms with Crippen LogP contribution < -0.4 is 4.74 Å². The number of ether oxygens (including phenoxy) is 2. The van der Waals surface area contributed by atoms with Gasteiger partial charge in [-0.05, 0) is 17.7 Å². The Morgan fingerprint density at radius 1 is 1.33 bits per heavy atom. The van der Waals surface area contributed by atoms with Crippen molar-refractivity contribution in [2.24, 2.45) is 0 Å². The fourth-order valence-corrected chi connectivity index (χ4v) is 2.06. The number of carbonyl (C=O) groups is 1. The predicted molar refractivity (Wildman–Crippen MR) is 68.9 cm³/mol. The molecule has 0 fully saturated rings. The van der Waals surface area contributed by atoms with Crippen LogP contribution in [0.2, 0.25) is 0 Å². The molecule has 0 spiro atoms. The van der Waals surface area contributed by atoms with E-state index >= 15 is 0 Å². The van der Waals surface area contributed by atoms with Crippen LogP contribution in [-0.2, 0) is 16.0 Å². The van der Waals surface area contributed by atoms with E-state index in [1.807, 2.05) is 36.0 Å². The van der Waals surface area contributed by atoms with Crippen LogP contribution in [0, 0.1) is 0 Å². The van der Waals surface area contributed by atoms with E-state index in [4.69, 9.17) is 4.74 Å². The van der Waals surface area contributed by atoms with Crippen molar-refractivity contribution in [3.8, 4) is 5.75 Å². The lowest BCUT2D eigenvalue weighted by Gasteiger charge is -2.05. The summed E-state index contributed by atoms with van der Waals surface area (Å²) in [6.07, 6.45) is 2.73. The second-order valence-electron chi connectivity index (χ2n) is 3.65. The maximum Gasteiger partial charge on any atom is 0.343 e. The number of esters is 1. The number of rotatable bonds is 5. The van der Waals surface area contributed by atoms with Crippen molar-refractivity contribution >= 4 is 17.3 Å². The summed E-state index contributed by atoms with van der Waals surface area (Å²) in [6, 6.07) is 7.65. The summed E-state index contributed by atoms with van der Waals surface area (Å²) in [6.45, 7) is -0.0648. The zero-order valence-corrected chi connectivity index (χ0v) is 10.8. The molecule has 0 amide bonds. The van der Waals surface area contributed by atoms with Crippen molar-refractivity contribution in [2.75, 3.05) is 13.7 Å². The van der Waals surface area contributed by atoms with Crippen LogP contribution >= 0.6 is 11.3 Å². The number of benzene rings is 1. The van der Waals surface area contributed by atoms with E-state index in [0.717, 1.165) is 6.42 Å². The number of hydrogen-bond acceptors (Lipinski definition) is 5. The molecule has 1 heterocycles. The van der Waals surface area contributed by atoms with Crippen LogP contribution in [-0.4, -0.2) is 24.7 Å². The summed E-state index contributed by atoms with van der Waals surface area (Å²) in [4.78, 5) is 16.2. The third kappa shape index (κ3) is 3.56. The number of methoxy groups -OCH3 is 1. The Morgan fingerprint density at radius 2 is 2.11 bits per heavy atom. The van der Waals surface area contributed by atoms with Gasteiger partial charge < -0.3 is 9.47 Å². The number of aromatic nitrogens is 1. The van der Waals surface area contributed by atoms with E-state index in [-0.39, 0.29) is 12.6 Å². The van der Waals surface area contributed by atoms with Crippen LogP contribution in [0.5, 0.6) is 5.75 Å². The summed E-state index contributed by atoms with van der Waals surface area (Å²) in [5.74, 6) is 0.275. The lowest BCUT2D eigenvalue weighted by Crippen LogP contribution is -2.12. The maximum atomic E-state index is 10.9. The highest BCUT2D eigenvalue weighted by atomic mass is 32.1. The number of carbonyl (C=O) groups excluding carboxylic acids is 1. The van der Waals surface area contributed by atoms with Gasteiger partial charge in [0.25, 0.3) is 0 Å². The molecule has 0 saturated carbocycles. The molecular weight excluding hydrogens is 250 g/mol. The second kappa shape index (κ2) is 6.16. The minimum atomic E-state index is -0.385. The van der Waals surface area contributed by atoms with E-state index in [1.165, 1.54) is 17.6 Å². The van der Waals surface area contributed by atoms with Crippen molar-refractivity contribution < 1.29 is 14.3 Å². The fourth-order valence-electron chi connectivity index (χ4n) is 1.44. The lowest BCUT2D eigenvalue weighted by molar-refractivity contribution is -0.142. The molecule has 1 aromatic carbocycles. The van der Waals surface area contributed by atoms with Gasteiger partial charge in [-0.25, -0.2) is 4.79 Å². The molecule has 2 aromatic rings. The third-order valence-electron chi connectivity index (χ3n) is 2.37. The lowest BCUT2D eigenvalue weighted by atomic mass is 10.1. The van der Waals surface area contributed by atoms with Crippen molar-refractivity contribution in [3.63, 3.8) is 0 Å². The van der Waals surface area contributed by atoms with Crippen molar-refractivity contribution in [1.82, 2.24) is 4.98 Å². The Hall–Kier alpha value is -1.88. The zero-order valence-electron chi connectivity index (χ0n) is 9.96. The van der Waals surface area contributed by atoms with Gasteiger partial charge in [-0.15, -0.1) is 11.3 Å². The first-order valence-electron chi connectivity index (χ1n) is 5.44.